The van der Waals surface area contributed by atoms with Gasteiger partial charge in [-0.2, -0.15) is 0 Å². The van der Waals surface area contributed by atoms with E-state index in [1.54, 1.807) is 0 Å². The second-order valence-corrected chi connectivity index (χ2v) is 7.90. The minimum atomic E-state index is -0.104. The summed E-state index contributed by atoms with van der Waals surface area (Å²) in [6.07, 6.45) is 1.17. The lowest BCUT2D eigenvalue weighted by molar-refractivity contribution is -0.130. The SMILES string of the molecule is Cl.N[C@@H]1CN(C(=O)CCNC(=O)N2CCc3ccccc3C2)C[C@H]1c1ccccc1. The fourth-order valence-corrected chi connectivity index (χ4v) is 4.30. The van der Waals surface area contributed by atoms with Crippen LogP contribution in [-0.4, -0.2) is 54.0 Å². The first-order valence-corrected chi connectivity index (χ1v) is 10.3. The predicted octanol–water partition coefficient (Wildman–Crippen LogP) is 2.52. The number of carbonyl (C=O) groups excluding carboxylic acids is 2. The lowest BCUT2D eigenvalue weighted by atomic mass is 9.95. The standard InChI is InChI=1S/C23H28N4O2.ClH/c24-21-16-27(15-20(21)18-7-2-1-3-8-18)22(28)10-12-25-23(29)26-13-11-17-6-4-5-9-19(17)14-26;/h1-9,20-21H,10-16,24H2,(H,25,29);1H/t20-,21+;/m0./s1. The molecule has 0 bridgehead atoms. The van der Waals surface area contributed by atoms with Crippen molar-refractivity contribution in [3.63, 3.8) is 0 Å². The average Bonchev–Trinajstić information content (AvgIpc) is 3.15. The van der Waals surface area contributed by atoms with E-state index in [4.69, 9.17) is 5.73 Å². The first-order chi connectivity index (χ1) is 14.1. The number of fused-ring (bicyclic) bond motifs is 1. The molecule has 160 valence electrons. The highest BCUT2D eigenvalue weighted by atomic mass is 35.5. The molecule has 2 aliphatic rings. The Labute approximate surface area is 183 Å². The quantitative estimate of drug-likeness (QED) is 0.785. The Hall–Kier alpha value is -2.57. The van der Waals surface area contributed by atoms with Crippen LogP contribution in [0.4, 0.5) is 4.79 Å². The summed E-state index contributed by atoms with van der Waals surface area (Å²) in [6, 6.07) is 18.2. The zero-order valence-electron chi connectivity index (χ0n) is 17.0. The number of halogens is 1. The van der Waals surface area contributed by atoms with Gasteiger partial charge in [0.2, 0.25) is 5.91 Å². The maximum Gasteiger partial charge on any atom is 0.317 e. The molecule has 0 aromatic heterocycles. The van der Waals surface area contributed by atoms with Crippen molar-refractivity contribution in [1.82, 2.24) is 15.1 Å². The normalized spacial score (nSPS) is 20.3. The number of rotatable bonds is 4. The highest BCUT2D eigenvalue weighted by molar-refractivity contribution is 5.85. The van der Waals surface area contributed by atoms with Gasteiger partial charge in [0.05, 0.1) is 0 Å². The van der Waals surface area contributed by atoms with E-state index in [1.165, 1.54) is 16.7 Å². The summed E-state index contributed by atoms with van der Waals surface area (Å²) in [6.45, 7) is 2.87. The molecule has 7 heteroatoms. The van der Waals surface area contributed by atoms with Crippen LogP contribution >= 0.6 is 12.4 Å². The number of benzene rings is 2. The molecule has 3 N–H and O–H groups in total. The monoisotopic (exact) mass is 428 g/mol. The fraction of sp³-hybridized carbons (Fsp3) is 0.391. The van der Waals surface area contributed by atoms with Gasteiger partial charge < -0.3 is 20.9 Å². The molecule has 1 saturated heterocycles. The summed E-state index contributed by atoms with van der Waals surface area (Å²) in [5, 5.41) is 2.90. The number of nitrogens with one attached hydrogen (secondary N) is 1. The van der Waals surface area contributed by atoms with Crippen molar-refractivity contribution in [3.8, 4) is 0 Å². The predicted molar refractivity (Wildman–Crippen MR) is 120 cm³/mol. The van der Waals surface area contributed by atoms with Crippen molar-refractivity contribution in [2.45, 2.75) is 31.3 Å². The third-order valence-electron chi connectivity index (χ3n) is 5.98. The molecule has 6 nitrogen and oxygen atoms in total. The van der Waals surface area contributed by atoms with Gasteiger partial charge in [-0.15, -0.1) is 12.4 Å². The van der Waals surface area contributed by atoms with Crippen LogP contribution in [0, 0.1) is 0 Å². The maximum atomic E-state index is 12.6. The molecule has 0 aliphatic carbocycles. The number of urea groups is 1. The molecule has 30 heavy (non-hydrogen) atoms. The number of hydrogen-bond donors (Lipinski definition) is 2. The minimum absolute atomic E-state index is 0. The number of amides is 3. The Morgan fingerprint density at radius 2 is 1.67 bits per heavy atom. The highest BCUT2D eigenvalue weighted by Crippen LogP contribution is 2.26. The molecule has 2 aromatic rings. The number of likely N-dealkylation sites (tertiary alicyclic amines) is 1. The molecule has 2 heterocycles. The molecule has 0 saturated carbocycles. The topological polar surface area (TPSA) is 78.7 Å². The third kappa shape index (κ3) is 4.94. The number of carbonyl (C=O) groups is 2. The molecule has 2 atom stereocenters. The molecule has 4 rings (SSSR count). The van der Waals surface area contributed by atoms with E-state index in [-0.39, 0.29) is 36.3 Å². The van der Waals surface area contributed by atoms with Gasteiger partial charge in [-0.25, -0.2) is 4.79 Å². The fourth-order valence-electron chi connectivity index (χ4n) is 4.30. The summed E-state index contributed by atoms with van der Waals surface area (Å²) in [7, 11) is 0. The van der Waals surface area contributed by atoms with Gasteiger partial charge >= 0.3 is 6.03 Å². The largest absolute Gasteiger partial charge is 0.340 e. The van der Waals surface area contributed by atoms with E-state index in [0.717, 1.165) is 6.42 Å². The molecule has 1 fully saturated rings. The first kappa shape index (κ1) is 22.1. The number of nitrogens with two attached hydrogens (primary N) is 1. The van der Waals surface area contributed by atoms with Crippen LogP contribution in [0.3, 0.4) is 0 Å². The van der Waals surface area contributed by atoms with Crippen LogP contribution in [0.15, 0.2) is 54.6 Å². The minimum Gasteiger partial charge on any atom is -0.340 e. The van der Waals surface area contributed by atoms with E-state index in [0.29, 0.717) is 39.1 Å². The van der Waals surface area contributed by atoms with E-state index < -0.39 is 0 Å². The second-order valence-electron chi connectivity index (χ2n) is 7.90. The molecule has 2 aromatic carbocycles. The molecule has 2 aliphatic heterocycles. The summed E-state index contributed by atoms with van der Waals surface area (Å²) in [5.74, 6) is 0.214. The Bertz CT molecular complexity index is 877. The van der Waals surface area contributed by atoms with Gasteiger partial charge in [-0.3, -0.25) is 4.79 Å². The third-order valence-corrected chi connectivity index (χ3v) is 5.98. The van der Waals surface area contributed by atoms with Gasteiger partial charge in [0.25, 0.3) is 0 Å². The molecule has 0 unspecified atom stereocenters. The van der Waals surface area contributed by atoms with Crippen molar-refractivity contribution >= 4 is 24.3 Å². The summed E-state index contributed by atoms with van der Waals surface area (Å²) in [4.78, 5) is 28.7. The maximum absolute atomic E-state index is 12.6. The number of hydrogen-bond acceptors (Lipinski definition) is 3. The van der Waals surface area contributed by atoms with Crippen molar-refractivity contribution in [1.29, 1.82) is 0 Å². The van der Waals surface area contributed by atoms with Crippen molar-refractivity contribution in [2.75, 3.05) is 26.2 Å². The van der Waals surface area contributed by atoms with Gasteiger partial charge in [-0.05, 0) is 23.1 Å². The highest BCUT2D eigenvalue weighted by Gasteiger charge is 2.33. The van der Waals surface area contributed by atoms with Crippen molar-refractivity contribution < 1.29 is 9.59 Å². The zero-order chi connectivity index (χ0) is 20.2. The second kappa shape index (κ2) is 9.96. The van der Waals surface area contributed by atoms with Crippen molar-refractivity contribution in [3.05, 3.63) is 71.3 Å². The van der Waals surface area contributed by atoms with Crippen LogP contribution in [0.5, 0.6) is 0 Å². The van der Waals surface area contributed by atoms with Crippen LogP contribution in [0.2, 0.25) is 0 Å². The van der Waals surface area contributed by atoms with Crippen LogP contribution < -0.4 is 11.1 Å². The lowest BCUT2D eigenvalue weighted by Crippen LogP contribution is -2.44. The van der Waals surface area contributed by atoms with E-state index in [2.05, 4.69) is 29.6 Å². The zero-order valence-corrected chi connectivity index (χ0v) is 17.8. The van der Waals surface area contributed by atoms with Gasteiger partial charge in [0, 0.05) is 51.1 Å². The Kier molecular flexibility index (Phi) is 7.34. The molecule has 3 amide bonds. The van der Waals surface area contributed by atoms with Crippen LogP contribution in [-0.2, 0) is 17.8 Å². The first-order valence-electron chi connectivity index (χ1n) is 10.3. The summed E-state index contributed by atoms with van der Waals surface area (Å²) in [5.41, 5.74) is 9.96. The van der Waals surface area contributed by atoms with Crippen LogP contribution in [0.1, 0.15) is 29.0 Å². The van der Waals surface area contributed by atoms with E-state index in [9.17, 15) is 9.59 Å². The smallest absolute Gasteiger partial charge is 0.317 e. The average molecular weight is 429 g/mol. The van der Waals surface area contributed by atoms with Crippen LogP contribution in [0.25, 0.3) is 0 Å². The van der Waals surface area contributed by atoms with E-state index >= 15 is 0 Å². The summed E-state index contributed by atoms with van der Waals surface area (Å²) >= 11 is 0. The molecule has 0 radical (unpaired) electrons. The Balaban J connectivity index is 0.00000256. The summed E-state index contributed by atoms with van der Waals surface area (Å²) < 4.78 is 0. The Morgan fingerprint density at radius 3 is 2.43 bits per heavy atom. The Morgan fingerprint density at radius 1 is 0.967 bits per heavy atom. The molecule has 0 spiro atoms. The molecular weight excluding hydrogens is 400 g/mol. The number of nitrogens with zero attached hydrogens (tertiary/aromatic N) is 2. The van der Waals surface area contributed by atoms with Gasteiger partial charge in [0.1, 0.15) is 0 Å². The van der Waals surface area contributed by atoms with Gasteiger partial charge in [0.15, 0.2) is 0 Å². The van der Waals surface area contributed by atoms with Crippen molar-refractivity contribution in [2.24, 2.45) is 5.73 Å². The lowest BCUT2D eigenvalue weighted by Gasteiger charge is -2.29. The van der Waals surface area contributed by atoms with E-state index in [1.807, 2.05) is 40.1 Å². The molecular formula is C23H29ClN4O2. The van der Waals surface area contributed by atoms with Gasteiger partial charge in [-0.1, -0.05) is 54.6 Å².